The fourth-order valence-corrected chi connectivity index (χ4v) is 7.51. The Morgan fingerprint density at radius 3 is 1.56 bits per heavy atom. The molecule has 0 unspecified atom stereocenters. The third kappa shape index (κ3) is 4.60. The van der Waals surface area contributed by atoms with Crippen LogP contribution in [0, 0.1) is 0 Å². The third-order valence-corrected chi connectivity index (χ3v) is 10.1. The minimum Gasteiger partial charge on any atom is -0.456 e. The number of hydrogen-bond donors (Lipinski definition) is 0. The van der Waals surface area contributed by atoms with Crippen LogP contribution < -0.4 is 0 Å². The van der Waals surface area contributed by atoms with Gasteiger partial charge in [-0.05, 0) is 81.2 Å². The second kappa shape index (κ2) is 11.2. The lowest BCUT2D eigenvalue weighted by molar-refractivity contribution is 0.668. The van der Waals surface area contributed by atoms with Gasteiger partial charge in [-0.25, -0.2) is 15.0 Å². The molecule has 0 N–H and O–H groups in total. The quantitative estimate of drug-likeness (QED) is 0.187. The number of hydrogen-bond acceptors (Lipinski definition) is 5. The third-order valence-electron chi connectivity index (χ3n) is 10.1. The summed E-state index contributed by atoms with van der Waals surface area (Å²) >= 11 is 0. The Balaban J connectivity index is 1.19. The number of furan rings is 2. The summed E-state index contributed by atoms with van der Waals surface area (Å²) < 4.78 is 12.8. The van der Waals surface area contributed by atoms with E-state index in [1.807, 2.05) is 42.5 Å². The summed E-state index contributed by atoms with van der Waals surface area (Å²) in [5.41, 5.74) is 7.96. The Morgan fingerprint density at radius 1 is 0.308 bits per heavy atom. The fourth-order valence-electron chi connectivity index (χ4n) is 7.51. The first-order valence-corrected chi connectivity index (χ1v) is 17.3. The van der Waals surface area contributed by atoms with E-state index in [2.05, 4.69) is 121 Å². The van der Waals surface area contributed by atoms with Crippen molar-refractivity contribution < 1.29 is 8.83 Å². The molecule has 0 aliphatic heterocycles. The van der Waals surface area contributed by atoms with Crippen molar-refractivity contribution in [1.29, 1.82) is 0 Å². The normalized spacial score (nSPS) is 11.8. The highest BCUT2D eigenvalue weighted by Crippen LogP contribution is 2.41. The summed E-state index contributed by atoms with van der Waals surface area (Å²) in [6.45, 7) is 0. The van der Waals surface area contributed by atoms with Crippen molar-refractivity contribution in [2.75, 3.05) is 0 Å². The Bertz CT molecular complexity index is 3210. The Morgan fingerprint density at radius 2 is 0.808 bits per heavy atom. The van der Waals surface area contributed by atoms with Crippen LogP contribution in [-0.2, 0) is 0 Å². The average molecular weight is 666 g/mol. The van der Waals surface area contributed by atoms with Crippen LogP contribution in [-0.4, -0.2) is 15.0 Å². The zero-order chi connectivity index (χ0) is 34.2. The molecule has 0 aliphatic carbocycles. The van der Waals surface area contributed by atoms with Crippen LogP contribution in [0.25, 0.3) is 111 Å². The summed E-state index contributed by atoms with van der Waals surface area (Å²) in [6, 6.07) is 56.5. The minimum absolute atomic E-state index is 0.563. The topological polar surface area (TPSA) is 65.0 Å². The molecule has 11 aromatic rings. The van der Waals surface area contributed by atoms with Crippen LogP contribution in [0.15, 0.2) is 173 Å². The van der Waals surface area contributed by atoms with Crippen molar-refractivity contribution >= 4 is 65.4 Å². The predicted octanol–water partition coefficient (Wildman–Crippen LogP) is 12.6. The molecule has 11 rings (SSSR count). The monoisotopic (exact) mass is 665 g/mol. The SMILES string of the molecule is c1ccc2cc(-c3cc(-c4nc(-c5ccc6ccccc6c5)nc(-c5ccc6c(c5)oc5ccccc56)n4)c4c(c3)oc3ccccc34)ccc2c1. The molecule has 0 spiro atoms. The van der Waals surface area contributed by atoms with Gasteiger partial charge in [-0.3, -0.25) is 0 Å². The molecule has 52 heavy (non-hydrogen) atoms. The molecule has 3 aromatic heterocycles. The summed E-state index contributed by atoms with van der Waals surface area (Å²) in [5, 5.41) is 8.76. The van der Waals surface area contributed by atoms with Gasteiger partial charge in [-0.2, -0.15) is 0 Å². The van der Waals surface area contributed by atoms with Crippen LogP contribution in [0.5, 0.6) is 0 Å². The van der Waals surface area contributed by atoms with Crippen LogP contribution in [0.1, 0.15) is 0 Å². The van der Waals surface area contributed by atoms with Gasteiger partial charge in [-0.15, -0.1) is 0 Å². The van der Waals surface area contributed by atoms with Gasteiger partial charge in [0.1, 0.15) is 22.3 Å². The smallest absolute Gasteiger partial charge is 0.164 e. The standard InChI is InChI=1S/C47H27N3O2/c1-3-11-30-23-32(19-17-28(30)9-1)35-25-39(44-38-14-6-8-16-41(38)52-43(44)27-35)47-49-45(33-20-18-29-10-2-4-12-31(29)24-33)48-46(50-47)34-21-22-37-36-13-5-7-15-40(36)51-42(37)26-34/h1-27H. The lowest BCUT2D eigenvalue weighted by Crippen LogP contribution is -2.01. The van der Waals surface area contributed by atoms with E-state index in [4.69, 9.17) is 23.8 Å². The van der Waals surface area contributed by atoms with E-state index in [1.54, 1.807) is 0 Å². The van der Waals surface area contributed by atoms with Crippen LogP contribution in [0.3, 0.4) is 0 Å². The molecule has 5 nitrogen and oxygen atoms in total. The average Bonchev–Trinajstić information content (AvgIpc) is 3.78. The molecule has 0 fully saturated rings. The molecule has 0 saturated carbocycles. The summed E-state index contributed by atoms with van der Waals surface area (Å²) in [7, 11) is 0. The highest BCUT2D eigenvalue weighted by atomic mass is 16.3. The van der Waals surface area contributed by atoms with E-state index in [0.717, 1.165) is 82.5 Å². The van der Waals surface area contributed by atoms with E-state index in [0.29, 0.717) is 17.5 Å². The number of aromatic nitrogens is 3. The molecule has 242 valence electrons. The molecule has 0 amide bonds. The Kier molecular flexibility index (Phi) is 6.18. The molecular formula is C47H27N3O2. The second-order valence-corrected chi connectivity index (χ2v) is 13.2. The van der Waals surface area contributed by atoms with Gasteiger partial charge in [0.05, 0.1) is 0 Å². The van der Waals surface area contributed by atoms with Gasteiger partial charge in [0.25, 0.3) is 0 Å². The lowest BCUT2D eigenvalue weighted by atomic mass is 9.96. The number of benzene rings is 8. The van der Waals surface area contributed by atoms with Crippen LogP contribution in [0.2, 0.25) is 0 Å². The van der Waals surface area contributed by atoms with Crippen molar-refractivity contribution in [3.05, 3.63) is 164 Å². The lowest BCUT2D eigenvalue weighted by Gasteiger charge is -2.12. The van der Waals surface area contributed by atoms with E-state index < -0.39 is 0 Å². The largest absolute Gasteiger partial charge is 0.456 e. The van der Waals surface area contributed by atoms with Crippen molar-refractivity contribution in [3.63, 3.8) is 0 Å². The summed E-state index contributed by atoms with van der Waals surface area (Å²) in [5.74, 6) is 1.72. The maximum atomic E-state index is 6.54. The molecule has 0 atom stereocenters. The first-order chi connectivity index (χ1) is 25.7. The molecule has 0 saturated heterocycles. The van der Waals surface area contributed by atoms with Crippen LogP contribution >= 0.6 is 0 Å². The zero-order valence-corrected chi connectivity index (χ0v) is 27.7. The maximum Gasteiger partial charge on any atom is 0.164 e. The van der Waals surface area contributed by atoms with Gasteiger partial charge < -0.3 is 8.83 Å². The van der Waals surface area contributed by atoms with Gasteiger partial charge in [-0.1, -0.05) is 115 Å². The Hall–Kier alpha value is -7.11. The number of nitrogens with zero attached hydrogens (tertiary/aromatic N) is 3. The van der Waals surface area contributed by atoms with E-state index in [-0.39, 0.29) is 0 Å². The minimum atomic E-state index is 0.563. The van der Waals surface area contributed by atoms with E-state index in [1.165, 1.54) is 10.8 Å². The predicted molar refractivity (Wildman–Crippen MR) is 211 cm³/mol. The second-order valence-electron chi connectivity index (χ2n) is 13.2. The first kappa shape index (κ1) is 28.7. The number of para-hydroxylation sites is 2. The molecule has 5 heteroatoms. The molecule has 8 aromatic carbocycles. The van der Waals surface area contributed by atoms with Gasteiger partial charge in [0.15, 0.2) is 17.5 Å². The zero-order valence-electron chi connectivity index (χ0n) is 27.7. The number of fused-ring (bicyclic) bond motifs is 8. The highest BCUT2D eigenvalue weighted by molar-refractivity contribution is 6.13. The Labute approximate surface area is 297 Å². The van der Waals surface area contributed by atoms with E-state index >= 15 is 0 Å². The number of rotatable bonds is 4. The maximum absolute atomic E-state index is 6.54. The molecule has 3 heterocycles. The molecule has 0 radical (unpaired) electrons. The summed E-state index contributed by atoms with van der Waals surface area (Å²) in [4.78, 5) is 15.6. The van der Waals surface area contributed by atoms with E-state index in [9.17, 15) is 0 Å². The van der Waals surface area contributed by atoms with Crippen molar-refractivity contribution in [1.82, 2.24) is 15.0 Å². The van der Waals surface area contributed by atoms with Crippen molar-refractivity contribution in [2.24, 2.45) is 0 Å². The highest BCUT2D eigenvalue weighted by Gasteiger charge is 2.20. The molecule has 0 aliphatic rings. The summed E-state index contributed by atoms with van der Waals surface area (Å²) in [6.07, 6.45) is 0. The van der Waals surface area contributed by atoms with Crippen molar-refractivity contribution in [2.45, 2.75) is 0 Å². The molecule has 0 bridgehead atoms. The first-order valence-electron chi connectivity index (χ1n) is 17.3. The van der Waals surface area contributed by atoms with Gasteiger partial charge in [0.2, 0.25) is 0 Å². The molecular weight excluding hydrogens is 639 g/mol. The van der Waals surface area contributed by atoms with Crippen molar-refractivity contribution in [3.8, 4) is 45.3 Å². The van der Waals surface area contributed by atoms with Crippen LogP contribution in [0.4, 0.5) is 0 Å². The fraction of sp³-hybridized carbons (Fsp3) is 0. The van der Waals surface area contributed by atoms with Gasteiger partial charge in [0, 0.05) is 38.2 Å². The van der Waals surface area contributed by atoms with Gasteiger partial charge >= 0.3 is 0 Å².